The zero-order valence-corrected chi connectivity index (χ0v) is 14.6. The molecule has 20 heavy (non-hydrogen) atoms. The van der Waals surface area contributed by atoms with Gasteiger partial charge >= 0.3 is 0 Å². The molecular weight excluding hydrogens is 336 g/mol. The molecule has 0 aliphatic rings. The molecule has 2 heterocycles. The number of halogens is 2. The van der Waals surface area contributed by atoms with Crippen LogP contribution in [0.25, 0.3) is 0 Å². The van der Waals surface area contributed by atoms with Gasteiger partial charge in [0.15, 0.2) is 24.8 Å². The Labute approximate surface area is 139 Å². The summed E-state index contributed by atoms with van der Waals surface area (Å²) in [5.74, 6) is 0. The van der Waals surface area contributed by atoms with E-state index in [4.69, 9.17) is 0 Å². The number of unbranched alkanes of at least 4 members (excludes halogenated alkanes) is 1. The maximum Gasteiger partial charge on any atom is 0.168 e. The van der Waals surface area contributed by atoms with Gasteiger partial charge in [0.05, 0.1) is 0 Å². The van der Waals surface area contributed by atoms with Gasteiger partial charge in [-0.1, -0.05) is 25.5 Å². The van der Waals surface area contributed by atoms with Crippen LogP contribution < -0.4 is 38.5 Å². The first-order valence-corrected chi connectivity index (χ1v) is 6.75. The fourth-order valence-corrected chi connectivity index (χ4v) is 1.57. The van der Waals surface area contributed by atoms with Crippen molar-refractivity contribution in [3.63, 3.8) is 0 Å². The highest BCUT2D eigenvalue weighted by atomic mass is 79.9. The highest BCUT2D eigenvalue weighted by Gasteiger charge is 1.93. The number of pyridine rings is 2. The predicted octanol–water partition coefficient (Wildman–Crippen LogP) is -3.22. The molecule has 0 saturated heterocycles. The van der Waals surface area contributed by atoms with Gasteiger partial charge in [0.1, 0.15) is 13.1 Å². The van der Waals surface area contributed by atoms with Crippen molar-refractivity contribution >= 4 is 0 Å². The Morgan fingerprint density at radius 3 is 1.50 bits per heavy atom. The fraction of sp³-hybridized carbons (Fsp3) is 0.375. The average Bonchev–Trinajstić information content (AvgIpc) is 2.48. The standard InChI is InChI=1S/C9H14N.C7H10N.BrH.ClH/c1-2-3-7-10-8-5-4-6-9-10;1-2-8-6-4-3-5-7-8;;/h4-6,8-9H,2-3,7H2,1H3;3-7H,2H2,1H3;2*1H/q2*+1;;/p-2. The lowest BCUT2D eigenvalue weighted by Crippen LogP contribution is -3.00. The topological polar surface area (TPSA) is 7.76 Å². The third-order valence-electron chi connectivity index (χ3n) is 2.69. The highest BCUT2D eigenvalue weighted by molar-refractivity contribution is 4.83. The van der Waals surface area contributed by atoms with Crippen LogP contribution in [-0.4, -0.2) is 0 Å². The lowest BCUT2D eigenvalue weighted by molar-refractivity contribution is -0.697. The van der Waals surface area contributed by atoms with Gasteiger partial charge in [-0.15, -0.1) is 0 Å². The third-order valence-corrected chi connectivity index (χ3v) is 2.69. The molecule has 2 aromatic rings. The zero-order chi connectivity index (χ0) is 13.1. The number of aryl methyl sites for hydroxylation is 2. The lowest BCUT2D eigenvalue weighted by Gasteiger charge is -1.91. The van der Waals surface area contributed by atoms with Crippen LogP contribution in [0.4, 0.5) is 0 Å². The monoisotopic (exact) mass is 358 g/mol. The first-order valence-electron chi connectivity index (χ1n) is 6.75. The van der Waals surface area contributed by atoms with Crippen LogP contribution in [0.15, 0.2) is 61.2 Å². The summed E-state index contributed by atoms with van der Waals surface area (Å²) in [7, 11) is 0. The van der Waals surface area contributed by atoms with Crippen molar-refractivity contribution in [2.45, 2.75) is 39.8 Å². The van der Waals surface area contributed by atoms with Crippen molar-refractivity contribution in [2.75, 3.05) is 0 Å². The Bertz CT molecular complexity index is 409. The first kappa shape index (κ1) is 21.4. The summed E-state index contributed by atoms with van der Waals surface area (Å²) in [6.45, 7) is 6.54. The van der Waals surface area contributed by atoms with E-state index in [1.54, 1.807) is 0 Å². The SMILES string of the molecule is CCCC[n+]1ccccc1.CC[n+]1ccccc1.[Br-].[Cl-]. The van der Waals surface area contributed by atoms with E-state index in [9.17, 15) is 0 Å². The van der Waals surface area contributed by atoms with Crippen LogP contribution in [0.2, 0.25) is 0 Å². The molecule has 112 valence electrons. The van der Waals surface area contributed by atoms with Crippen molar-refractivity contribution in [1.82, 2.24) is 0 Å². The Balaban J connectivity index is 0. The Morgan fingerprint density at radius 1 is 0.700 bits per heavy atom. The lowest BCUT2D eigenvalue weighted by atomic mass is 10.3. The van der Waals surface area contributed by atoms with Gasteiger partial charge in [0.2, 0.25) is 0 Å². The molecule has 2 nitrogen and oxygen atoms in total. The summed E-state index contributed by atoms with van der Waals surface area (Å²) in [5, 5.41) is 0. The molecule has 0 aromatic carbocycles. The molecular formula is C16H24BrClN2. The Morgan fingerprint density at radius 2 is 1.15 bits per heavy atom. The van der Waals surface area contributed by atoms with Gasteiger partial charge in [-0.3, -0.25) is 0 Å². The maximum atomic E-state index is 2.21. The molecule has 0 aliphatic carbocycles. The number of rotatable bonds is 4. The second kappa shape index (κ2) is 14.5. The number of hydrogen-bond donors (Lipinski definition) is 0. The van der Waals surface area contributed by atoms with E-state index in [0.717, 1.165) is 13.1 Å². The number of nitrogens with zero attached hydrogens (tertiary/aromatic N) is 2. The normalized spacial score (nSPS) is 8.50. The van der Waals surface area contributed by atoms with E-state index in [2.05, 4.69) is 59.9 Å². The third kappa shape index (κ3) is 9.93. The van der Waals surface area contributed by atoms with Gasteiger partial charge in [-0.2, -0.15) is 0 Å². The largest absolute Gasteiger partial charge is 1.00 e. The molecule has 0 fully saturated rings. The van der Waals surface area contributed by atoms with E-state index >= 15 is 0 Å². The van der Waals surface area contributed by atoms with Crippen LogP contribution >= 0.6 is 0 Å². The first-order chi connectivity index (χ1) is 8.86. The highest BCUT2D eigenvalue weighted by Crippen LogP contribution is 1.85. The molecule has 4 heteroatoms. The summed E-state index contributed by atoms with van der Waals surface area (Å²) in [6.07, 6.45) is 10.9. The molecule has 2 rings (SSSR count). The van der Waals surface area contributed by atoms with Gasteiger partial charge < -0.3 is 29.4 Å². The van der Waals surface area contributed by atoms with Crippen LogP contribution in [0, 0.1) is 0 Å². The van der Waals surface area contributed by atoms with Gasteiger partial charge in [-0.25, -0.2) is 9.13 Å². The summed E-state index contributed by atoms with van der Waals surface area (Å²) in [6, 6.07) is 12.3. The molecule has 0 N–H and O–H groups in total. The van der Waals surface area contributed by atoms with Crippen molar-refractivity contribution in [1.29, 1.82) is 0 Å². The van der Waals surface area contributed by atoms with Crippen molar-refractivity contribution in [3.8, 4) is 0 Å². The van der Waals surface area contributed by atoms with E-state index in [1.807, 2.05) is 24.3 Å². The summed E-state index contributed by atoms with van der Waals surface area (Å²) in [4.78, 5) is 0. The van der Waals surface area contributed by atoms with Crippen molar-refractivity contribution in [2.24, 2.45) is 0 Å². The van der Waals surface area contributed by atoms with Crippen molar-refractivity contribution < 1.29 is 38.5 Å². The summed E-state index contributed by atoms with van der Waals surface area (Å²) < 4.78 is 4.34. The van der Waals surface area contributed by atoms with Gasteiger partial charge in [0, 0.05) is 30.7 Å². The van der Waals surface area contributed by atoms with E-state index < -0.39 is 0 Å². The zero-order valence-electron chi connectivity index (χ0n) is 12.3. The molecule has 0 radical (unpaired) electrons. The molecule has 0 saturated carbocycles. The van der Waals surface area contributed by atoms with E-state index in [-0.39, 0.29) is 29.4 Å². The predicted molar refractivity (Wildman–Crippen MR) is 73.9 cm³/mol. The smallest absolute Gasteiger partial charge is 0.168 e. The second-order valence-electron chi connectivity index (χ2n) is 4.17. The Hall–Kier alpha value is -0.930. The minimum atomic E-state index is 0. The fourth-order valence-electron chi connectivity index (χ4n) is 1.57. The van der Waals surface area contributed by atoms with Gasteiger partial charge in [0.25, 0.3) is 0 Å². The number of hydrogen-bond acceptors (Lipinski definition) is 0. The minimum absolute atomic E-state index is 0. The molecule has 0 bridgehead atoms. The molecule has 0 unspecified atom stereocenters. The molecule has 2 aromatic heterocycles. The Kier molecular flexibility index (Phi) is 15.5. The average molecular weight is 360 g/mol. The second-order valence-corrected chi connectivity index (χ2v) is 4.17. The van der Waals surface area contributed by atoms with Crippen LogP contribution in [0.1, 0.15) is 26.7 Å². The quantitative estimate of drug-likeness (QED) is 0.508. The summed E-state index contributed by atoms with van der Waals surface area (Å²) in [5.41, 5.74) is 0. The molecule has 0 atom stereocenters. The van der Waals surface area contributed by atoms with E-state index in [0.29, 0.717) is 0 Å². The maximum absolute atomic E-state index is 2.21. The van der Waals surface area contributed by atoms with Crippen LogP contribution in [0.5, 0.6) is 0 Å². The summed E-state index contributed by atoms with van der Waals surface area (Å²) >= 11 is 0. The molecule has 0 amide bonds. The van der Waals surface area contributed by atoms with Gasteiger partial charge in [-0.05, 0) is 6.92 Å². The van der Waals surface area contributed by atoms with Crippen LogP contribution in [-0.2, 0) is 13.1 Å². The minimum Gasteiger partial charge on any atom is -1.00 e. The van der Waals surface area contributed by atoms with E-state index in [1.165, 1.54) is 12.8 Å². The molecule has 0 aliphatic heterocycles. The van der Waals surface area contributed by atoms with Crippen molar-refractivity contribution in [3.05, 3.63) is 61.2 Å². The molecule has 0 spiro atoms. The van der Waals surface area contributed by atoms with Crippen LogP contribution in [0.3, 0.4) is 0 Å². The number of aromatic nitrogens is 2.